The normalized spacial score (nSPS) is 11.5. The molecule has 0 radical (unpaired) electrons. The van der Waals surface area contributed by atoms with Crippen LogP contribution < -0.4 is 15.0 Å². The van der Waals surface area contributed by atoms with Crippen LogP contribution in [0.25, 0.3) is 17.1 Å². The summed E-state index contributed by atoms with van der Waals surface area (Å²) in [5.74, 6) is 1.70. The Morgan fingerprint density at radius 1 is 1.03 bits per heavy atom. The van der Waals surface area contributed by atoms with Gasteiger partial charge >= 0.3 is 0 Å². The molecule has 9 heteroatoms. The number of nitrogens with zero attached hydrogens (tertiary/aromatic N) is 4. The molecule has 0 aliphatic heterocycles. The van der Waals surface area contributed by atoms with Gasteiger partial charge in [-0.25, -0.2) is 9.97 Å². The van der Waals surface area contributed by atoms with Gasteiger partial charge in [-0.2, -0.15) is 0 Å². The number of ether oxygens (including phenoxy) is 2. The molecule has 0 aliphatic carbocycles. The van der Waals surface area contributed by atoms with Gasteiger partial charge in [0.1, 0.15) is 29.0 Å². The number of hydrogen-bond acceptors (Lipinski definition) is 6. The molecular formula is C28H28Cl2N4O3. The Balaban J connectivity index is 1.73. The lowest BCUT2D eigenvalue weighted by molar-refractivity contribution is 0.304. The summed E-state index contributed by atoms with van der Waals surface area (Å²) in [6.07, 6.45) is 3.29. The topological polar surface area (TPSA) is 79.1 Å². The standard InChI is InChI=1S/C28H28Cl2N4O3/c1-16-13-32-27(28(3,4)5)33-25(16)21-12-22(20(29)14-31-21)34-17(2)10-23(24(30)26(34)35)37-15-18-8-7-9-19(11-18)36-6/h7-14H,15H2,1-6H3. The second kappa shape index (κ2) is 10.5. The number of pyridine rings is 2. The first-order chi connectivity index (χ1) is 17.5. The average molecular weight is 539 g/mol. The van der Waals surface area contributed by atoms with E-state index in [0.717, 1.165) is 16.9 Å². The van der Waals surface area contributed by atoms with Crippen LogP contribution in [-0.2, 0) is 12.0 Å². The third-order valence-corrected chi connectivity index (χ3v) is 6.43. The van der Waals surface area contributed by atoms with E-state index in [4.69, 9.17) is 37.7 Å². The first-order valence-electron chi connectivity index (χ1n) is 11.7. The summed E-state index contributed by atoms with van der Waals surface area (Å²) in [6, 6.07) is 10.9. The predicted octanol–water partition coefficient (Wildman–Crippen LogP) is 6.50. The van der Waals surface area contributed by atoms with Crippen molar-refractivity contribution in [2.75, 3.05) is 7.11 Å². The molecule has 0 N–H and O–H groups in total. The van der Waals surface area contributed by atoms with Gasteiger partial charge in [-0.1, -0.05) is 56.1 Å². The van der Waals surface area contributed by atoms with Crippen molar-refractivity contribution in [1.29, 1.82) is 0 Å². The Bertz CT molecular complexity index is 1530. The minimum absolute atomic E-state index is 0.0452. The van der Waals surface area contributed by atoms with Crippen molar-refractivity contribution in [2.24, 2.45) is 0 Å². The van der Waals surface area contributed by atoms with Crippen LogP contribution in [0.3, 0.4) is 0 Å². The lowest BCUT2D eigenvalue weighted by atomic mass is 9.95. The summed E-state index contributed by atoms with van der Waals surface area (Å²) in [4.78, 5) is 27.1. The van der Waals surface area contributed by atoms with E-state index in [0.29, 0.717) is 33.6 Å². The molecular weight excluding hydrogens is 511 g/mol. The number of rotatable bonds is 6. The van der Waals surface area contributed by atoms with Crippen molar-refractivity contribution in [1.82, 2.24) is 19.5 Å². The number of halogens is 2. The maximum Gasteiger partial charge on any atom is 0.277 e. The number of methoxy groups -OCH3 is 1. The quantitative estimate of drug-likeness (QED) is 0.278. The first kappa shape index (κ1) is 26.6. The molecule has 0 fully saturated rings. The van der Waals surface area contributed by atoms with Gasteiger partial charge in [-0.3, -0.25) is 14.3 Å². The highest BCUT2D eigenvalue weighted by molar-refractivity contribution is 6.33. The smallest absolute Gasteiger partial charge is 0.277 e. The molecule has 0 saturated carbocycles. The van der Waals surface area contributed by atoms with Crippen molar-refractivity contribution in [3.05, 3.63) is 91.8 Å². The van der Waals surface area contributed by atoms with Gasteiger partial charge in [0.2, 0.25) is 0 Å². The Morgan fingerprint density at radius 3 is 2.49 bits per heavy atom. The molecule has 0 aliphatic rings. The van der Waals surface area contributed by atoms with Gasteiger partial charge in [0.05, 0.1) is 29.2 Å². The first-order valence-corrected chi connectivity index (χ1v) is 12.4. The molecule has 4 rings (SSSR count). The molecule has 3 heterocycles. The van der Waals surface area contributed by atoms with E-state index in [1.807, 2.05) is 52.0 Å². The van der Waals surface area contributed by atoms with Gasteiger partial charge in [0, 0.05) is 29.6 Å². The molecule has 4 aromatic rings. The fraction of sp³-hybridized carbons (Fsp3) is 0.286. The third-order valence-electron chi connectivity index (χ3n) is 5.79. The maximum absolute atomic E-state index is 13.4. The van der Waals surface area contributed by atoms with Crippen LogP contribution in [0.5, 0.6) is 11.5 Å². The molecule has 0 spiro atoms. The van der Waals surface area contributed by atoms with Crippen LogP contribution in [0.1, 0.15) is 43.4 Å². The van der Waals surface area contributed by atoms with E-state index in [2.05, 4.69) is 9.97 Å². The van der Waals surface area contributed by atoms with Crippen LogP contribution in [0, 0.1) is 13.8 Å². The van der Waals surface area contributed by atoms with E-state index in [1.165, 1.54) is 10.8 Å². The Hall–Kier alpha value is -3.42. The van der Waals surface area contributed by atoms with Crippen LogP contribution in [0.15, 0.2) is 53.6 Å². The molecule has 192 valence electrons. The molecule has 1 aromatic carbocycles. The van der Waals surface area contributed by atoms with Crippen molar-refractivity contribution in [2.45, 2.75) is 46.6 Å². The summed E-state index contributed by atoms with van der Waals surface area (Å²) >= 11 is 13.0. The highest BCUT2D eigenvalue weighted by Crippen LogP contribution is 2.30. The Kier molecular flexibility index (Phi) is 7.57. The van der Waals surface area contributed by atoms with Crippen LogP contribution >= 0.6 is 23.2 Å². The summed E-state index contributed by atoms with van der Waals surface area (Å²) < 4.78 is 12.6. The average Bonchev–Trinajstić information content (AvgIpc) is 2.86. The van der Waals surface area contributed by atoms with Crippen molar-refractivity contribution in [3.63, 3.8) is 0 Å². The fourth-order valence-corrected chi connectivity index (χ4v) is 4.18. The highest BCUT2D eigenvalue weighted by atomic mass is 35.5. The summed E-state index contributed by atoms with van der Waals surface area (Å²) in [5.41, 5.74) is 3.36. The molecule has 3 aromatic heterocycles. The van der Waals surface area contributed by atoms with E-state index >= 15 is 0 Å². The highest BCUT2D eigenvalue weighted by Gasteiger charge is 2.21. The minimum atomic E-state index is -0.448. The largest absolute Gasteiger partial charge is 0.497 e. The Labute approximate surface area is 226 Å². The SMILES string of the molecule is COc1cccc(COc2cc(C)n(-c3cc(-c4nc(C(C)(C)C)ncc4C)ncc3Cl)c(=O)c2Cl)c1. The van der Waals surface area contributed by atoms with E-state index in [-0.39, 0.29) is 22.8 Å². The fourth-order valence-electron chi connectivity index (χ4n) is 3.80. The summed E-state index contributed by atoms with van der Waals surface area (Å²) in [5, 5.41) is 0.258. The van der Waals surface area contributed by atoms with E-state index in [9.17, 15) is 4.79 Å². The zero-order chi connectivity index (χ0) is 26.9. The molecule has 0 unspecified atom stereocenters. The number of aryl methyl sites for hydroxylation is 2. The van der Waals surface area contributed by atoms with Crippen LogP contribution in [0.2, 0.25) is 10.0 Å². The molecule has 0 amide bonds. The number of aromatic nitrogens is 4. The van der Waals surface area contributed by atoms with Gasteiger partial charge in [0.25, 0.3) is 5.56 Å². The summed E-state index contributed by atoms with van der Waals surface area (Å²) in [6.45, 7) is 10.1. The van der Waals surface area contributed by atoms with Gasteiger partial charge in [-0.15, -0.1) is 0 Å². The van der Waals surface area contributed by atoms with Crippen molar-refractivity contribution >= 4 is 23.2 Å². The lowest BCUT2D eigenvalue weighted by Gasteiger charge is -2.19. The molecule has 7 nitrogen and oxygen atoms in total. The zero-order valence-corrected chi connectivity index (χ0v) is 23.1. The number of benzene rings is 1. The molecule has 0 saturated heterocycles. The van der Waals surface area contributed by atoms with Gasteiger partial charge < -0.3 is 9.47 Å². The van der Waals surface area contributed by atoms with Crippen molar-refractivity contribution < 1.29 is 9.47 Å². The van der Waals surface area contributed by atoms with Crippen LogP contribution in [-0.4, -0.2) is 26.6 Å². The molecule has 37 heavy (non-hydrogen) atoms. The van der Waals surface area contributed by atoms with Gasteiger partial charge in [0.15, 0.2) is 0 Å². The third kappa shape index (κ3) is 5.63. The second-order valence-electron chi connectivity index (χ2n) is 9.74. The van der Waals surface area contributed by atoms with E-state index in [1.54, 1.807) is 32.4 Å². The lowest BCUT2D eigenvalue weighted by Crippen LogP contribution is -2.22. The molecule has 0 atom stereocenters. The Morgan fingerprint density at radius 2 is 1.78 bits per heavy atom. The van der Waals surface area contributed by atoms with Gasteiger partial charge in [-0.05, 0) is 43.2 Å². The monoisotopic (exact) mass is 538 g/mol. The molecule has 0 bridgehead atoms. The minimum Gasteiger partial charge on any atom is -0.497 e. The predicted molar refractivity (Wildman–Crippen MR) is 146 cm³/mol. The zero-order valence-electron chi connectivity index (χ0n) is 21.6. The van der Waals surface area contributed by atoms with Crippen molar-refractivity contribution in [3.8, 4) is 28.6 Å². The van der Waals surface area contributed by atoms with Crippen LogP contribution in [0.4, 0.5) is 0 Å². The maximum atomic E-state index is 13.4. The number of hydrogen-bond donors (Lipinski definition) is 0. The summed E-state index contributed by atoms with van der Waals surface area (Å²) in [7, 11) is 1.60. The second-order valence-corrected chi connectivity index (χ2v) is 10.5. The van der Waals surface area contributed by atoms with E-state index < -0.39 is 5.56 Å².